The highest BCUT2D eigenvalue weighted by atomic mass is 79.9. The number of carbonyl (C=O) groups excluding carboxylic acids is 1. The highest BCUT2D eigenvalue weighted by molar-refractivity contribution is 9.11. The van der Waals surface area contributed by atoms with Gasteiger partial charge in [0.25, 0.3) is 0 Å². The maximum absolute atomic E-state index is 11.1. The number of hydrogen-bond acceptors (Lipinski definition) is 2. The van der Waals surface area contributed by atoms with Gasteiger partial charge in [0.15, 0.2) is 0 Å². The van der Waals surface area contributed by atoms with Gasteiger partial charge >= 0.3 is 5.97 Å². The summed E-state index contributed by atoms with van der Waals surface area (Å²) in [5.74, 6) is -0.258. The minimum absolute atomic E-state index is 0.258. The first kappa shape index (κ1) is 9.26. The van der Waals surface area contributed by atoms with Crippen molar-refractivity contribution in [2.24, 2.45) is 0 Å². The Balaban J connectivity index is 2.76. The molecular formula is C9H9BrO2. The van der Waals surface area contributed by atoms with Gasteiger partial charge in [0.2, 0.25) is 0 Å². The van der Waals surface area contributed by atoms with E-state index in [9.17, 15) is 4.79 Å². The van der Waals surface area contributed by atoms with Gasteiger partial charge in [0, 0.05) is 12.0 Å². The van der Waals surface area contributed by atoms with Gasteiger partial charge in [-0.1, -0.05) is 34.2 Å². The number of halogens is 1. The Labute approximate surface area is 79.7 Å². The summed E-state index contributed by atoms with van der Waals surface area (Å²) in [5, 5.41) is 0. The number of methoxy groups -OCH3 is 1. The lowest BCUT2D eigenvalue weighted by atomic mass is 10.0. The van der Waals surface area contributed by atoms with E-state index in [-0.39, 0.29) is 5.97 Å². The molecule has 0 spiro atoms. The zero-order valence-electron chi connectivity index (χ0n) is 6.71. The Bertz CT molecular complexity index is 274. The molecule has 0 amide bonds. The topological polar surface area (TPSA) is 26.3 Å². The van der Waals surface area contributed by atoms with E-state index in [1.54, 1.807) is 11.1 Å². The summed E-state index contributed by atoms with van der Waals surface area (Å²) in [7, 11) is 1.39. The molecule has 0 radical (unpaired) electrons. The van der Waals surface area contributed by atoms with E-state index >= 15 is 0 Å². The van der Waals surface area contributed by atoms with Crippen molar-refractivity contribution >= 4 is 21.9 Å². The zero-order chi connectivity index (χ0) is 8.97. The molecule has 3 heteroatoms. The molecule has 0 saturated heterocycles. The third-order valence-electron chi connectivity index (χ3n) is 1.59. The molecule has 0 aromatic heterocycles. The fourth-order valence-corrected chi connectivity index (χ4v) is 1.29. The Kier molecular flexibility index (Phi) is 3.29. The second-order valence-corrected chi connectivity index (χ2v) is 2.86. The van der Waals surface area contributed by atoms with Crippen molar-refractivity contribution in [3.8, 4) is 0 Å². The molecule has 0 aromatic rings. The van der Waals surface area contributed by atoms with Crippen molar-refractivity contribution < 1.29 is 9.53 Å². The Morgan fingerprint density at radius 3 is 3.08 bits per heavy atom. The lowest BCUT2D eigenvalue weighted by molar-refractivity contribution is -0.136. The summed E-state index contributed by atoms with van der Waals surface area (Å²) in [6, 6.07) is 0. The van der Waals surface area contributed by atoms with E-state index in [1.165, 1.54) is 7.11 Å². The molecule has 64 valence electrons. The largest absolute Gasteiger partial charge is 0.466 e. The van der Waals surface area contributed by atoms with Gasteiger partial charge < -0.3 is 4.74 Å². The first-order valence-corrected chi connectivity index (χ1v) is 4.44. The van der Waals surface area contributed by atoms with Crippen molar-refractivity contribution in [3.63, 3.8) is 0 Å². The molecule has 1 aliphatic rings. The maximum Gasteiger partial charge on any atom is 0.334 e. The van der Waals surface area contributed by atoms with Crippen LogP contribution in [0.1, 0.15) is 6.42 Å². The van der Waals surface area contributed by atoms with E-state index in [4.69, 9.17) is 0 Å². The van der Waals surface area contributed by atoms with E-state index in [1.807, 2.05) is 12.2 Å². The Morgan fingerprint density at radius 1 is 1.75 bits per heavy atom. The van der Waals surface area contributed by atoms with Gasteiger partial charge in [0.05, 0.1) is 7.11 Å². The average Bonchev–Trinajstić information content (AvgIpc) is 2.17. The molecule has 0 heterocycles. The third kappa shape index (κ3) is 2.08. The SMILES string of the molecule is COC(=O)C1=CC=CC(=CBr)C1. The van der Waals surface area contributed by atoms with Crippen LogP contribution >= 0.6 is 15.9 Å². The van der Waals surface area contributed by atoms with Crippen LogP contribution in [0.3, 0.4) is 0 Å². The minimum atomic E-state index is -0.258. The van der Waals surface area contributed by atoms with Crippen LogP contribution in [0.4, 0.5) is 0 Å². The molecule has 0 saturated carbocycles. The van der Waals surface area contributed by atoms with Crippen molar-refractivity contribution in [3.05, 3.63) is 34.4 Å². The molecule has 12 heavy (non-hydrogen) atoms. The summed E-state index contributed by atoms with van der Waals surface area (Å²) in [5.41, 5.74) is 1.75. The van der Waals surface area contributed by atoms with Crippen LogP contribution in [0.2, 0.25) is 0 Å². The van der Waals surface area contributed by atoms with Crippen LogP contribution in [0.5, 0.6) is 0 Å². The second kappa shape index (κ2) is 4.26. The number of rotatable bonds is 1. The van der Waals surface area contributed by atoms with Gasteiger partial charge in [-0.25, -0.2) is 4.79 Å². The van der Waals surface area contributed by atoms with Gasteiger partial charge in [0.1, 0.15) is 0 Å². The molecule has 0 aliphatic heterocycles. The van der Waals surface area contributed by atoms with Crippen LogP contribution in [0.25, 0.3) is 0 Å². The van der Waals surface area contributed by atoms with E-state index < -0.39 is 0 Å². The van der Waals surface area contributed by atoms with Crippen molar-refractivity contribution in [1.29, 1.82) is 0 Å². The summed E-state index contributed by atoms with van der Waals surface area (Å²) >= 11 is 3.22. The molecule has 0 N–H and O–H groups in total. The molecule has 1 aliphatic carbocycles. The number of allylic oxidation sites excluding steroid dienone is 4. The molecule has 0 aromatic carbocycles. The fraction of sp³-hybridized carbons (Fsp3) is 0.222. The third-order valence-corrected chi connectivity index (χ3v) is 2.18. The summed E-state index contributed by atoms with van der Waals surface area (Å²) in [6.07, 6.45) is 6.18. The summed E-state index contributed by atoms with van der Waals surface area (Å²) < 4.78 is 4.60. The predicted molar refractivity (Wildman–Crippen MR) is 50.9 cm³/mol. The van der Waals surface area contributed by atoms with E-state index in [2.05, 4.69) is 20.7 Å². The highest BCUT2D eigenvalue weighted by Crippen LogP contribution is 2.19. The van der Waals surface area contributed by atoms with Gasteiger partial charge in [-0.2, -0.15) is 0 Å². The van der Waals surface area contributed by atoms with Crippen LogP contribution in [0.15, 0.2) is 34.4 Å². The number of hydrogen-bond donors (Lipinski definition) is 0. The summed E-state index contributed by atoms with van der Waals surface area (Å²) in [6.45, 7) is 0. The van der Waals surface area contributed by atoms with E-state index in [0.717, 1.165) is 5.57 Å². The van der Waals surface area contributed by atoms with Crippen LogP contribution in [-0.4, -0.2) is 13.1 Å². The zero-order valence-corrected chi connectivity index (χ0v) is 8.30. The molecule has 0 bridgehead atoms. The first-order chi connectivity index (χ1) is 5.77. The minimum Gasteiger partial charge on any atom is -0.466 e. The average molecular weight is 229 g/mol. The van der Waals surface area contributed by atoms with Crippen molar-refractivity contribution in [2.45, 2.75) is 6.42 Å². The smallest absolute Gasteiger partial charge is 0.334 e. The second-order valence-electron chi connectivity index (χ2n) is 2.40. The van der Waals surface area contributed by atoms with Gasteiger partial charge in [-0.15, -0.1) is 0 Å². The number of esters is 1. The quantitative estimate of drug-likeness (QED) is 0.645. The molecular weight excluding hydrogens is 220 g/mol. The first-order valence-electron chi connectivity index (χ1n) is 3.52. The summed E-state index contributed by atoms with van der Waals surface area (Å²) in [4.78, 5) is 12.9. The molecule has 0 fully saturated rings. The lowest BCUT2D eigenvalue weighted by Crippen LogP contribution is -2.06. The lowest BCUT2D eigenvalue weighted by Gasteiger charge is -2.08. The van der Waals surface area contributed by atoms with Crippen molar-refractivity contribution in [1.82, 2.24) is 0 Å². The number of ether oxygens (including phenoxy) is 1. The van der Waals surface area contributed by atoms with E-state index in [0.29, 0.717) is 12.0 Å². The Hall–Kier alpha value is -0.830. The maximum atomic E-state index is 11.1. The predicted octanol–water partition coefficient (Wildman–Crippen LogP) is 2.32. The normalized spacial score (nSPS) is 19.2. The number of carbonyl (C=O) groups is 1. The molecule has 0 unspecified atom stereocenters. The fourth-order valence-electron chi connectivity index (χ4n) is 0.972. The van der Waals surface area contributed by atoms with Crippen molar-refractivity contribution in [2.75, 3.05) is 7.11 Å². The Morgan fingerprint density at radius 2 is 2.50 bits per heavy atom. The van der Waals surface area contributed by atoms with Crippen LogP contribution < -0.4 is 0 Å². The van der Waals surface area contributed by atoms with Crippen LogP contribution in [0, 0.1) is 0 Å². The standard InChI is InChI=1S/C9H9BrO2/c1-12-9(11)8-4-2-3-7(5-8)6-10/h2-4,6H,5H2,1H3. The van der Waals surface area contributed by atoms with Gasteiger partial charge in [-0.05, 0) is 10.6 Å². The molecule has 2 nitrogen and oxygen atoms in total. The monoisotopic (exact) mass is 228 g/mol. The van der Waals surface area contributed by atoms with Crippen LogP contribution in [-0.2, 0) is 9.53 Å². The van der Waals surface area contributed by atoms with Gasteiger partial charge in [-0.3, -0.25) is 0 Å². The molecule has 0 atom stereocenters. The molecule has 1 rings (SSSR count). The highest BCUT2D eigenvalue weighted by Gasteiger charge is 2.11.